The molecule has 1 N–H and O–H groups in total. The Bertz CT molecular complexity index is 758. The monoisotopic (exact) mass is 320 g/mol. The van der Waals surface area contributed by atoms with Crippen molar-refractivity contribution in [2.45, 2.75) is 25.8 Å². The fraction of sp³-hybridized carbons (Fsp3) is 0.300. The standard InChI is InChI=1S/C20H20N2O2/c1-14-6-8-15(9-7-14)20(16-10-11-16)22-19(23)13-24-18-5-3-2-4-17(18)12-21/h2-9,16,20H,10-11,13H2,1H3,(H,22,23). The van der Waals surface area contributed by atoms with Crippen LogP contribution >= 0.6 is 0 Å². The van der Waals surface area contributed by atoms with Crippen LogP contribution in [0.25, 0.3) is 0 Å². The van der Waals surface area contributed by atoms with Gasteiger partial charge < -0.3 is 10.1 Å². The molecule has 0 aliphatic heterocycles. The maximum absolute atomic E-state index is 12.3. The van der Waals surface area contributed by atoms with Crippen molar-refractivity contribution in [3.05, 3.63) is 65.2 Å². The lowest BCUT2D eigenvalue weighted by molar-refractivity contribution is -0.124. The number of nitrogens with zero attached hydrogens (tertiary/aromatic N) is 1. The third-order valence-corrected chi connectivity index (χ3v) is 4.21. The molecule has 2 aromatic carbocycles. The molecule has 0 saturated heterocycles. The summed E-state index contributed by atoms with van der Waals surface area (Å²) in [5.74, 6) is 0.775. The van der Waals surface area contributed by atoms with Crippen LogP contribution in [0, 0.1) is 24.2 Å². The van der Waals surface area contributed by atoms with Crippen molar-refractivity contribution in [3.63, 3.8) is 0 Å². The van der Waals surface area contributed by atoms with Gasteiger partial charge in [-0.15, -0.1) is 0 Å². The molecule has 0 aromatic heterocycles. The SMILES string of the molecule is Cc1ccc(C(NC(=O)COc2ccccc2C#N)C2CC2)cc1. The average Bonchev–Trinajstić information content (AvgIpc) is 3.44. The van der Waals surface area contributed by atoms with E-state index in [0.29, 0.717) is 17.2 Å². The van der Waals surface area contributed by atoms with Crippen LogP contribution in [-0.2, 0) is 4.79 Å². The first-order valence-electron chi connectivity index (χ1n) is 8.15. The summed E-state index contributed by atoms with van der Waals surface area (Å²) < 4.78 is 5.51. The number of para-hydroxylation sites is 1. The predicted molar refractivity (Wildman–Crippen MR) is 91.4 cm³/mol. The summed E-state index contributed by atoms with van der Waals surface area (Å²) in [4.78, 5) is 12.3. The number of carbonyl (C=O) groups is 1. The fourth-order valence-electron chi connectivity index (χ4n) is 2.72. The Morgan fingerprint density at radius 3 is 2.62 bits per heavy atom. The van der Waals surface area contributed by atoms with Crippen molar-refractivity contribution in [1.82, 2.24) is 5.32 Å². The number of hydrogen-bond acceptors (Lipinski definition) is 3. The zero-order valence-corrected chi connectivity index (χ0v) is 13.7. The maximum Gasteiger partial charge on any atom is 0.258 e. The molecule has 24 heavy (non-hydrogen) atoms. The number of rotatable bonds is 6. The van der Waals surface area contributed by atoms with Crippen LogP contribution in [0.15, 0.2) is 48.5 Å². The second-order valence-electron chi connectivity index (χ2n) is 6.19. The minimum atomic E-state index is -0.166. The molecule has 1 unspecified atom stereocenters. The summed E-state index contributed by atoms with van der Waals surface area (Å²) in [5.41, 5.74) is 2.77. The lowest BCUT2D eigenvalue weighted by atomic mass is 10.0. The van der Waals surface area contributed by atoms with E-state index in [-0.39, 0.29) is 18.6 Å². The molecule has 0 radical (unpaired) electrons. The summed E-state index contributed by atoms with van der Waals surface area (Å²) in [6, 6.07) is 17.3. The predicted octanol–water partition coefficient (Wildman–Crippen LogP) is 3.51. The highest BCUT2D eigenvalue weighted by Crippen LogP contribution is 2.41. The lowest BCUT2D eigenvalue weighted by Gasteiger charge is -2.19. The van der Waals surface area contributed by atoms with E-state index in [2.05, 4.69) is 42.6 Å². The number of nitriles is 1. The third kappa shape index (κ3) is 3.94. The van der Waals surface area contributed by atoms with Crippen LogP contribution in [0.2, 0.25) is 0 Å². The highest BCUT2D eigenvalue weighted by Gasteiger charge is 2.33. The van der Waals surface area contributed by atoms with E-state index < -0.39 is 0 Å². The second kappa shape index (κ2) is 7.18. The molecule has 0 heterocycles. The molecule has 2 aromatic rings. The zero-order chi connectivity index (χ0) is 16.9. The van der Waals surface area contributed by atoms with Crippen LogP contribution in [0.4, 0.5) is 0 Å². The molecular formula is C20H20N2O2. The van der Waals surface area contributed by atoms with Gasteiger partial charge in [0.1, 0.15) is 11.8 Å². The van der Waals surface area contributed by atoms with E-state index in [1.807, 2.05) is 0 Å². The van der Waals surface area contributed by atoms with Crippen LogP contribution in [0.5, 0.6) is 5.75 Å². The summed E-state index contributed by atoms with van der Waals surface area (Å²) in [7, 11) is 0. The van der Waals surface area contributed by atoms with E-state index in [1.165, 1.54) is 5.56 Å². The van der Waals surface area contributed by atoms with E-state index in [1.54, 1.807) is 24.3 Å². The average molecular weight is 320 g/mol. The maximum atomic E-state index is 12.3. The topological polar surface area (TPSA) is 62.1 Å². The molecule has 4 nitrogen and oxygen atoms in total. The van der Waals surface area contributed by atoms with Crippen molar-refractivity contribution < 1.29 is 9.53 Å². The van der Waals surface area contributed by atoms with Gasteiger partial charge in [0, 0.05) is 0 Å². The molecular weight excluding hydrogens is 300 g/mol. The van der Waals surface area contributed by atoms with Crippen molar-refractivity contribution in [2.24, 2.45) is 5.92 Å². The normalized spacial score (nSPS) is 14.5. The Labute approximate surface area is 142 Å². The van der Waals surface area contributed by atoms with Gasteiger partial charge in [-0.1, -0.05) is 42.0 Å². The van der Waals surface area contributed by atoms with E-state index >= 15 is 0 Å². The van der Waals surface area contributed by atoms with Crippen LogP contribution in [0.1, 0.15) is 35.6 Å². The Hall–Kier alpha value is -2.80. The quantitative estimate of drug-likeness (QED) is 0.886. The first-order chi connectivity index (χ1) is 11.7. The number of hydrogen-bond donors (Lipinski definition) is 1. The molecule has 1 amide bonds. The zero-order valence-electron chi connectivity index (χ0n) is 13.7. The van der Waals surface area contributed by atoms with Gasteiger partial charge in [-0.3, -0.25) is 4.79 Å². The van der Waals surface area contributed by atoms with Gasteiger partial charge in [0.25, 0.3) is 5.91 Å². The first kappa shape index (κ1) is 16.1. The Kier molecular flexibility index (Phi) is 4.81. The number of carbonyl (C=O) groups excluding carboxylic acids is 1. The van der Waals surface area contributed by atoms with Gasteiger partial charge in [0.05, 0.1) is 11.6 Å². The molecule has 1 fully saturated rings. The molecule has 122 valence electrons. The molecule has 1 saturated carbocycles. The van der Waals surface area contributed by atoms with Gasteiger partial charge in [-0.25, -0.2) is 0 Å². The van der Waals surface area contributed by atoms with Gasteiger partial charge in [-0.05, 0) is 43.4 Å². The van der Waals surface area contributed by atoms with Crippen molar-refractivity contribution in [3.8, 4) is 11.8 Å². The number of benzene rings is 2. The number of nitrogens with one attached hydrogen (secondary N) is 1. The second-order valence-corrected chi connectivity index (χ2v) is 6.19. The molecule has 0 bridgehead atoms. The third-order valence-electron chi connectivity index (χ3n) is 4.21. The van der Waals surface area contributed by atoms with Gasteiger partial charge in [-0.2, -0.15) is 5.26 Å². The molecule has 4 heteroatoms. The van der Waals surface area contributed by atoms with Crippen molar-refractivity contribution >= 4 is 5.91 Å². The van der Waals surface area contributed by atoms with E-state index in [0.717, 1.165) is 18.4 Å². The molecule has 3 rings (SSSR count). The van der Waals surface area contributed by atoms with Crippen molar-refractivity contribution in [2.75, 3.05) is 6.61 Å². The summed E-state index contributed by atoms with van der Waals surface area (Å²) in [5, 5.41) is 12.1. The summed E-state index contributed by atoms with van der Waals surface area (Å²) in [6.07, 6.45) is 2.27. The van der Waals surface area contributed by atoms with Gasteiger partial charge in [0.2, 0.25) is 0 Å². The molecule has 1 aliphatic rings. The van der Waals surface area contributed by atoms with Gasteiger partial charge >= 0.3 is 0 Å². The van der Waals surface area contributed by atoms with Crippen LogP contribution < -0.4 is 10.1 Å². The smallest absolute Gasteiger partial charge is 0.258 e. The molecule has 0 spiro atoms. The highest BCUT2D eigenvalue weighted by molar-refractivity contribution is 5.78. The van der Waals surface area contributed by atoms with Gasteiger partial charge in [0.15, 0.2) is 6.61 Å². The minimum absolute atomic E-state index is 0.0351. The Morgan fingerprint density at radius 2 is 1.96 bits per heavy atom. The molecule has 1 aliphatic carbocycles. The van der Waals surface area contributed by atoms with Crippen LogP contribution in [0.3, 0.4) is 0 Å². The fourth-order valence-corrected chi connectivity index (χ4v) is 2.72. The largest absolute Gasteiger partial charge is 0.482 e. The number of aryl methyl sites for hydroxylation is 1. The van der Waals surface area contributed by atoms with Crippen molar-refractivity contribution in [1.29, 1.82) is 5.26 Å². The first-order valence-corrected chi connectivity index (χ1v) is 8.15. The number of amides is 1. The lowest BCUT2D eigenvalue weighted by Crippen LogP contribution is -2.33. The number of ether oxygens (including phenoxy) is 1. The van der Waals surface area contributed by atoms with Crippen LogP contribution in [-0.4, -0.2) is 12.5 Å². The van der Waals surface area contributed by atoms with E-state index in [9.17, 15) is 4.79 Å². The molecule has 1 atom stereocenters. The Morgan fingerprint density at radius 1 is 1.25 bits per heavy atom. The minimum Gasteiger partial charge on any atom is -0.482 e. The van der Waals surface area contributed by atoms with E-state index in [4.69, 9.17) is 10.00 Å². The summed E-state index contributed by atoms with van der Waals surface area (Å²) >= 11 is 0. The Balaban J connectivity index is 1.62. The summed E-state index contributed by atoms with van der Waals surface area (Å²) in [6.45, 7) is 1.96. The highest BCUT2D eigenvalue weighted by atomic mass is 16.5.